The molecule has 0 spiro atoms. The normalized spacial score (nSPS) is 29.2. The zero-order chi connectivity index (χ0) is 13.8. The lowest BCUT2D eigenvalue weighted by Crippen LogP contribution is -2.28. The molecule has 1 aromatic carbocycles. The van der Waals surface area contributed by atoms with Gasteiger partial charge in [-0.15, -0.1) is 0 Å². The summed E-state index contributed by atoms with van der Waals surface area (Å²) in [5.41, 5.74) is 1.30. The Hall–Kier alpha value is 0.390. The van der Waals surface area contributed by atoms with Crippen LogP contribution in [0.15, 0.2) is 28.7 Å². The third-order valence-corrected chi connectivity index (χ3v) is 5.62. The molecule has 1 nitrogen and oxygen atoms in total. The fraction of sp³-hybridized carbons (Fsp3) is 0.625. The second kappa shape index (κ2) is 7.41. The second-order valence-corrected chi connectivity index (χ2v) is 7.52. The number of hydrogen-bond acceptors (Lipinski definition) is 1. The predicted octanol–water partition coefficient (Wildman–Crippen LogP) is 5.77. The highest BCUT2D eigenvalue weighted by molar-refractivity contribution is 14.1. The van der Waals surface area contributed by atoms with Crippen molar-refractivity contribution in [2.24, 2.45) is 11.8 Å². The zero-order valence-corrected chi connectivity index (χ0v) is 15.4. The van der Waals surface area contributed by atoms with E-state index in [1.54, 1.807) is 0 Å². The summed E-state index contributed by atoms with van der Waals surface area (Å²) in [7, 11) is 0. The first-order valence-corrected chi connectivity index (χ1v) is 9.39. The molecule has 0 amide bonds. The van der Waals surface area contributed by atoms with E-state index in [1.807, 2.05) is 0 Å². The summed E-state index contributed by atoms with van der Waals surface area (Å²) in [6, 6.07) is 8.54. The summed E-state index contributed by atoms with van der Waals surface area (Å²) in [6.07, 6.45) is 4.41. The lowest BCUT2D eigenvalue weighted by molar-refractivity contribution is -0.0377. The van der Waals surface area contributed by atoms with Crippen molar-refractivity contribution in [3.05, 3.63) is 34.3 Å². The summed E-state index contributed by atoms with van der Waals surface area (Å²) in [4.78, 5) is 0. The van der Waals surface area contributed by atoms with Gasteiger partial charge >= 0.3 is 0 Å². The number of benzene rings is 1. The smallest absolute Gasteiger partial charge is 0.0918 e. The van der Waals surface area contributed by atoms with Crippen molar-refractivity contribution < 1.29 is 4.74 Å². The topological polar surface area (TPSA) is 9.23 Å². The molecule has 0 aliphatic heterocycles. The zero-order valence-electron chi connectivity index (χ0n) is 11.6. The molecule has 3 heteroatoms. The molecule has 0 saturated heterocycles. The monoisotopic (exact) mass is 436 g/mol. The Kier molecular flexibility index (Phi) is 6.15. The lowest BCUT2D eigenvalue weighted by Gasteiger charge is -2.34. The van der Waals surface area contributed by atoms with E-state index in [0.29, 0.717) is 6.10 Å². The van der Waals surface area contributed by atoms with Gasteiger partial charge in [0.25, 0.3) is 0 Å². The van der Waals surface area contributed by atoms with Crippen molar-refractivity contribution >= 4 is 38.5 Å². The van der Waals surface area contributed by atoms with Crippen LogP contribution in [0.4, 0.5) is 0 Å². The highest BCUT2D eigenvalue weighted by atomic mass is 127. The van der Waals surface area contributed by atoms with E-state index in [9.17, 15) is 0 Å². The highest BCUT2D eigenvalue weighted by Gasteiger charge is 2.27. The van der Waals surface area contributed by atoms with Gasteiger partial charge in [-0.05, 0) is 48.8 Å². The maximum Gasteiger partial charge on any atom is 0.0918 e. The van der Waals surface area contributed by atoms with E-state index >= 15 is 0 Å². The Morgan fingerprint density at radius 1 is 1.21 bits per heavy atom. The number of alkyl halides is 1. The molecule has 1 aromatic rings. The van der Waals surface area contributed by atoms with E-state index < -0.39 is 0 Å². The summed E-state index contributed by atoms with van der Waals surface area (Å²) >= 11 is 5.92. The Bertz CT molecular complexity index is 392. The van der Waals surface area contributed by atoms with Crippen molar-refractivity contribution in [3.8, 4) is 0 Å². The number of halogens is 2. The summed E-state index contributed by atoms with van der Waals surface area (Å²) < 4.78 is 8.50. The van der Waals surface area contributed by atoms with Crippen LogP contribution in [0.5, 0.6) is 0 Å². The first kappa shape index (κ1) is 15.8. The van der Waals surface area contributed by atoms with Gasteiger partial charge in [0.15, 0.2) is 0 Å². The minimum absolute atomic E-state index is 0.235. The summed E-state index contributed by atoms with van der Waals surface area (Å²) in [5.74, 6) is 1.64. The van der Waals surface area contributed by atoms with E-state index in [2.05, 4.69) is 76.6 Å². The average Bonchev–Trinajstić information content (AvgIpc) is 2.41. The van der Waals surface area contributed by atoms with Crippen LogP contribution < -0.4 is 0 Å². The van der Waals surface area contributed by atoms with Gasteiger partial charge in [-0.2, -0.15) is 0 Å². The van der Waals surface area contributed by atoms with Crippen molar-refractivity contribution in [2.75, 3.05) is 4.43 Å². The molecule has 0 heterocycles. The molecule has 2 rings (SSSR count). The lowest BCUT2D eigenvalue weighted by atomic mass is 9.80. The van der Waals surface area contributed by atoms with Gasteiger partial charge in [0.05, 0.1) is 12.2 Å². The van der Waals surface area contributed by atoms with Crippen molar-refractivity contribution in [2.45, 2.75) is 45.3 Å². The molecule has 19 heavy (non-hydrogen) atoms. The average molecular weight is 437 g/mol. The first-order chi connectivity index (χ1) is 9.10. The Morgan fingerprint density at radius 2 is 1.89 bits per heavy atom. The quantitative estimate of drug-likeness (QED) is 0.430. The SMILES string of the molecule is CC1CCC(OC(CI)c2ccc(Br)cc2)CC1C. The van der Waals surface area contributed by atoms with Crippen molar-refractivity contribution in [1.29, 1.82) is 0 Å². The van der Waals surface area contributed by atoms with Crippen molar-refractivity contribution in [3.63, 3.8) is 0 Å². The van der Waals surface area contributed by atoms with Gasteiger partial charge in [-0.1, -0.05) is 64.5 Å². The maximum absolute atomic E-state index is 6.36. The van der Waals surface area contributed by atoms with Crippen LogP contribution in [0.1, 0.15) is 44.8 Å². The van der Waals surface area contributed by atoms with Gasteiger partial charge in [0.2, 0.25) is 0 Å². The van der Waals surface area contributed by atoms with Gasteiger partial charge in [0, 0.05) is 8.90 Å². The van der Waals surface area contributed by atoms with Gasteiger partial charge in [0.1, 0.15) is 0 Å². The van der Waals surface area contributed by atoms with Crippen LogP contribution >= 0.6 is 38.5 Å². The van der Waals surface area contributed by atoms with Gasteiger partial charge in [-0.3, -0.25) is 0 Å². The Balaban J connectivity index is 1.97. The van der Waals surface area contributed by atoms with E-state index in [-0.39, 0.29) is 6.10 Å². The fourth-order valence-electron chi connectivity index (χ4n) is 2.74. The Morgan fingerprint density at radius 3 is 2.47 bits per heavy atom. The Labute approximate surface area is 138 Å². The molecule has 0 aromatic heterocycles. The minimum atomic E-state index is 0.235. The van der Waals surface area contributed by atoms with E-state index in [1.165, 1.54) is 24.8 Å². The number of ether oxygens (including phenoxy) is 1. The molecule has 1 aliphatic carbocycles. The molecular weight excluding hydrogens is 415 g/mol. The van der Waals surface area contributed by atoms with Crippen LogP contribution in [-0.4, -0.2) is 10.5 Å². The number of hydrogen-bond donors (Lipinski definition) is 0. The molecule has 0 bridgehead atoms. The van der Waals surface area contributed by atoms with Crippen LogP contribution in [-0.2, 0) is 4.74 Å². The summed E-state index contributed by atoms with van der Waals surface area (Å²) in [5, 5.41) is 0. The van der Waals surface area contributed by atoms with Gasteiger partial charge in [-0.25, -0.2) is 0 Å². The molecular formula is C16H22BrIO. The fourth-order valence-corrected chi connectivity index (χ4v) is 3.72. The molecule has 1 aliphatic rings. The van der Waals surface area contributed by atoms with E-state index in [0.717, 1.165) is 20.7 Å². The largest absolute Gasteiger partial charge is 0.369 e. The third-order valence-electron chi connectivity index (χ3n) is 4.29. The maximum atomic E-state index is 6.36. The van der Waals surface area contributed by atoms with Crippen LogP contribution in [0.25, 0.3) is 0 Å². The molecule has 1 fully saturated rings. The van der Waals surface area contributed by atoms with E-state index in [4.69, 9.17) is 4.74 Å². The van der Waals surface area contributed by atoms with Crippen molar-refractivity contribution in [1.82, 2.24) is 0 Å². The third kappa shape index (κ3) is 4.43. The minimum Gasteiger partial charge on any atom is -0.369 e. The molecule has 4 unspecified atom stereocenters. The molecule has 1 saturated carbocycles. The van der Waals surface area contributed by atoms with Crippen LogP contribution in [0.2, 0.25) is 0 Å². The summed E-state index contributed by atoms with van der Waals surface area (Å²) in [6.45, 7) is 4.73. The molecule has 0 N–H and O–H groups in total. The van der Waals surface area contributed by atoms with Crippen LogP contribution in [0, 0.1) is 11.8 Å². The molecule has 0 radical (unpaired) electrons. The molecule has 106 valence electrons. The highest BCUT2D eigenvalue weighted by Crippen LogP contribution is 2.34. The van der Waals surface area contributed by atoms with Gasteiger partial charge < -0.3 is 4.74 Å². The molecule has 4 atom stereocenters. The predicted molar refractivity (Wildman–Crippen MR) is 92.8 cm³/mol. The number of rotatable bonds is 4. The van der Waals surface area contributed by atoms with Crippen LogP contribution in [0.3, 0.4) is 0 Å². The first-order valence-electron chi connectivity index (χ1n) is 7.07. The standard InChI is InChI=1S/C16H22BrIO/c1-11-3-8-15(9-12(11)2)19-16(10-18)13-4-6-14(17)7-5-13/h4-7,11-12,15-16H,3,8-10H2,1-2H3. The second-order valence-electron chi connectivity index (χ2n) is 5.72.